The number of guanidine groups is 1. The van der Waals surface area contributed by atoms with Crippen LogP contribution in [0.4, 0.5) is 0 Å². The molecule has 1 amide bonds. The number of thioether (sulfide) groups is 1. The van der Waals surface area contributed by atoms with E-state index in [1.54, 1.807) is 7.05 Å². The first kappa shape index (κ1) is 10.8. The molecule has 0 aromatic carbocycles. The lowest BCUT2D eigenvalue weighted by molar-refractivity contribution is -0.124. The minimum Gasteiger partial charge on any atom is -0.341 e. The Kier molecular flexibility index (Phi) is 2.45. The van der Waals surface area contributed by atoms with E-state index in [9.17, 15) is 4.79 Å². The Balaban J connectivity index is 2.23. The maximum atomic E-state index is 11.9. The Labute approximate surface area is 94.3 Å². The van der Waals surface area contributed by atoms with Crippen molar-refractivity contribution >= 4 is 23.6 Å². The molecule has 2 aliphatic rings. The first-order chi connectivity index (χ1) is 6.97. The third-order valence-corrected chi connectivity index (χ3v) is 4.55. The van der Waals surface area contributed by atoms with Crippen LogP contribution in [0.3, 0.4) is 0 Å². The molecule has 2 heterocycles. The fraction of sp³-hybridized carbons (Fsp3) is 0.800. The van der Waals surface area contributed by atoms with Gasteiger partial charge in [-0.25, -0.2) is 0 Å². The SMILES string of the molecule is CN=C1NC(=O)C2(CSCC(C)(C)C2)N1. The number of rotatable bonds is 0. The average Bonchev–Trinajstić information content (AvgIpc) is 2.42. The van der Waals surface area contributed by atoms with Gasteiger partial charge in [0.1, 0.15) is 5.54 Å². The second kappa shape index (κ2) is 3.40. The predicted octanol–water partition coefficient (Wildman–Crippen LogP) is 0.593. The second-order valence-corrected chi connectivity index (χ2v) is 6.05. The van der Waals surface area contributed by atoms with Gasteiger partial charge in [-0.1, -0.05) is 13.8 Å². The van der Waals surface area contributed by atoms with E-state index in [0.29, 0.717) is 5.96 Å². The normalized spacial score (nSPS) is 36.7. The molecule has 0 radical (unpaired) electrons. The van der Waals surface area contributed by atoms with Crippen LogP contribution >= 0.6 is 11.8 Å². The van der Waals surface area contributed by atoms with Gasteiger partial charge in [0, 0.05) is 12.8 Å². The molecular weight excluding hydrogens is 210 g/mol. The molecule has 15 heavy (non-hydrogen) atoms. The molecule has 2 saturated heterocycles. The lowest BCUT2D eigenvalue weighted by Gasteiger charge is -2.40. The van der Waals surface area contributed by atoms with Crippen LogP contribution in [-0.2, 0) is 4.79 Å². The Morgan fingerprint density at radius 3 is 2.67 bits per heavy atom. The average molecular weight is 227 g/mol. The molecule has 1 atom stereocenters. The van der Waals surface area contributed by atoms with E-state index in [-0.39, 0.29) is 11.3 Å². The van der Waals surface area contributed by atoms with Crippen LogP contribution in [-0.4, -0.2) is 36.0 Å². The third kappa shape index (κ3) is 1.85. The summed E-state index contributed by atoms with van der Waals surface area (Å²) in [6.07, 6.45) is 0.873. The molecule has 0 bridgehead atoms. The van der Waals surface area contributed by atoms with Crippen LogP contribution < -0.4 is 10.6 Å². The zero-order valence-electron chi connectivity index (χ0n) is 9.39. The molecule has 1 unspecified atom stereocenters. The highest BCUT2D eigenvalue weighted by molar-refractivity contribution is 7.99. The molecule has 0 saturated carbocycles. The first-order valence-electron chi connectivity index (χ1n) is 5.12. The maximum Gasteiger partial charge on any atom is 0.253 e. The summed E-state index contributed by atoms with van der Waals surface area (Å²) in [5.41, 5.74) is -0.224. The largest absolute Gasteiger partial charge is 0.341 e. The fourth-order valence-electron chi connectivity index (χ4n) is 2.30. The van der Waals surface area contributed by atoms with Gasteiger partial charge in [0.05, 0.1) is 0 Å². The van der Waals surface area contributed by atoms with E-state index < -0.39 is 5.54 Å². The van der Waals surface area contributed by atoms with Gasteiger partial charge < -0.3 is 5.32 Å². The molecule has 0 aliphatic carbocycles. The van der Waals surface area contributed by atoms with Crippen LogP contribution in [0, 0.1) is 5.41 Å². The topological polar surface area (TPSA) is 53.5 Å². The molecule has 0 aromatic rings. The molecule has 2 aliphatic heterocycles. The quantitative estimate of drug-likeness (QED) is 0.637. The van der Waals surface area contributed by atoms with E-state index in [1.165, 1.54) is 0 Å². The van der Waals surface area contributed by atoms with Crippen molar-refractivity contribution in [3.63, 3.8) is 0 Å². The summed E-state index contributed by atoms with van der Waals surface area (Å²) in [6.45, 7) is 4.41. The van der Waals surface area contributed by atoms with E-state index in [4.69, 9.17) is 0 Å². The van der Waals surface area contributed by atoms with Crippen LogP contribution in [0.15, 0.2) is 4.99 Å². The number of hydrogen-bond donors (Lipinski definition) is 2. The molecule has 5 heteroatoms. The summed E-state index contributed by atoms with van der Waals surface area (Å²) in [6, 6.07) is 0. The highest BCUT2D eigenvalue weighted by Gasteiger charge is 2.50. The summed E-state index contributed by atoms with van der Waals surface area (Å²) in [5, 5.41) is 6.02. The van der Waals surface area contributed by atoms with Crippen molar-refractivity contribution in [2.75, 3.05) is 18.6 Å². The van der Waals surface area contributed by atoms with E-state index in [0.717, 1.165) is 17.9 Å². The molecule has 2 fully saturated rings. The van der Waals surface area contributed by atoms with Crippen molar-refractivity contribution in [1.29, 1.82) is 0 Å². The van der Waals surface area contributed by atoms with Crippen molar-refractivity contribution < 1.29 is 4.79 Å². The van der Waals surface area contributed by atoms with Gasteiger partial charge >= 0.3 is 0 Å². The van der Waals surface area contributed by atoms with E-state index >= 15 is 0 Å². The van der Waals surface area contributed by atoms with Crippen LogP contribution in [0.5, 0.6) is 0 Å². The standard InChI is InChI=1S/C10H17N3OS/c1-9(2)4-10(6-15-5-9)7(14)12-8(11-3)13-10/h4-6H2,1-3H3,(H2,11,12,13,14). The zero-order valence-corrected chi connectivity index (χ0v) is 10.2. The monoisotopic (exact) mass is 227 g/mol. The van der Waals surface area contributed by atoms with Gasteiger partial charge in [0.15, 0.2) is 5.96 Å². The summed E-state index contributed by atoms with van der Waals surface area (Å²) in [7, 11) is 1.68. The predicted molar refractivity (Wildman–Crippen MR) is 63.1 cm³/mol. The molecular formula is C10H17N3OS. The number of hydrogen-bond acceptors (Lipinski definition) is 3. The van der Waals surface area contributed by atoms with Gasteiger partial charge in [-0.3, -0.25) is 15.1 Å². The van der Waals surface area contributed by atoms with Gasteiger partial charge in [-0.2, -0.15) is 11.8 Å². The first-order valence-corrected chi connectivity index (χ1v) is 6.27. The van der Waals surface area contributed by atoms with Gasteiger partial charge in [0.25, 0.3) is 5.91 Å². The van der Waals surface area contributed by atoms with Gasteiger partial charge in [-0.15, -0.1) is 0 Å². The van der Waals surface area contributed by atoms with Gasteiger partial charge in [0.2, 0.25) is 0 Å². The number of aliphatic imine (C=N–C) groups is 1. The minimum absolute atomic E-state index is 0.0726. The van der Waals surface area contributed by atoms with E-state index in [2.05, 4.69) is 29.5 Å². The second-order valence-electron chi connectivity index (χ2n) is 5.07. The summed E-state index contributed by atoms with van der Waals surface area (Å²) in [4.78, 5) is 15.9. The molecule has 2 rings (SSSR count). The minimum atomic E-state index is -0.429. The van der Waals surface area contributed by atoms with Crippen LogP contribution in [0.1, 0.15) is 20.3 Å². The lowest BCUT2D eigenvalue weighted by atomic mass is 9.80. The number of amides is 1. The maximum absolute atomic E-state index is 11.9. The number of carbonyl (C=O) groups excluding carboxylic acids is 1. The smallest absolute Gasteiger partial charge is 0.253 e. The molecule has 84 valence electrons. The van der Waals surface area contributed by atoms with Gasteiger partial charge in [-0.05, 0) is 17.6 Å². The summed E-state index contributed by atoms with van der Waals surface area (Å²) in [5.74, 6) is 2.63. The number of carbonyl (C=O) groups is 1. The van der Waals surface area contributed by atoms with Crippen molar-refractivity contribution in [2.24, 2.45) is 10.4 Å². The van der Waals surface area contributed by atoms with Crippen molar-refractivity contribution in [3.8, 4) is 0 Å². The number of nitrogens with zero attached hydrogens (tertiary/aromatic N) is 1. The lowest BCUT2D eigenvalue weighted by Crippen LogP contribution is -2.55. The highest BCUT2D eigenvalue weighted by atomic mass is 32.2. The van der Waals surface area contributed by atoms with E-state index in [1.807, 2.05) is 11.8 Å². The Morgan fingerprint density at radius 2 is 2.13 bits per heavy atom. The zero-order chi connectivity index (χ0) is 11.1. The fourth-order valence-corrected chi connectivity index (χ4v) is 3.71. The Bertz CT molecular complexity index is 327. The Morgan fingerprint density at radius 1 is 1.40 bits per heavy atom. The number of nitrogens with one attached hydrogen (secondary N) is 2. The summed E-state index contributed by atoms with van der Waals surface area (Å²) < 4.78 is 0. The Hall–Kier alpha value is -0.710. The molecule has 2 N–H and O–H groups in total. The molecule has 0 aromatic heterocycles. The van der Waals surface area contributed by atoms with Crippen LogP contribution in [0.25, 0.3) is 0 Å². The van der Waals surface area contributed by atoms with Crippen molar-refractivity contribution in [1.82, 2.24) is 10.6 Å². The van der Waals surface area contributed by atoms with Crippen molar-refractivity contribution in [3.05, 3.63) is 0 Å². The molecule has 4 nitrogen and oxygen atoms in total. The summed E-state index contributed by atoms with van der Waals surface area (Å²) >= 11 is 1.84. The molecule has 1 spiro atoms. The van der Waals surface area contributed by atoms with Crippen molar-refractivity contribution in [2.45, 2.75) is 25.8 Å². The van der Waals surface area contributed by atoms with Crippen LogP contribution in [0.2, 0.25) is 0 Å². The third-order valence-electron chi connectivity index (χ3n) is 2.87. The highest BCUT2D eigenvalue weighted by Crippen LogP contribution is 2.40.